The number of para-hydroxylation sites is 1. The van der Waals surface area contributed by atoms with Gasteiger partial charge in [0.1, 0.15) is 11.4 Å². The highest BCUT2D eigenvalue weighted by Gasteiger charge is 2.28. The Morgan fingerprint density at radius 2 is 1.88 bits per heavy atom. The molecule has 0 aliphatic heterocycles. The molecular weight excluding hydrogens is 320 g/mol. The number of carbonyl (C=O) groups is 2. The third-order valence-electron chi connectivity index (χ3n) is 3.98. The van der Waals surface area contributed by atoms with Gasteiger partial charge in [0.15, 0.2) is 0 Å². The van der Waals surface area contributed by atoms with Crippen molar-refractivity contribution in [2.45, 2.75) is 52.1 Å². The van der Waals surface area contributed by atoms with Gasteiger partial charge in [-0.1, -0.05) is 18.2 Å². The van der Waals surface area contributed by atoms with Crippen molar-refractivity contribution < 1.29 is 23.8 Å². The van der Waals surface area contributed by atoms with E-state index in [9.17, 15) is 9.59 Å². The number of hydrogen-bond donors (Lipinski definition) is 0. The van der Waals surface area contributed by atoms with E-state index in [1.165, 1.54) is 20.0 Å². The topological polar surface area (TPSA) is 61.8 Å². The van der Waals surface area contributed by atoms with E-state index in [1.54, 1.807) is 20.8 Å². The molecule has 138 valence electrons. The number of rotatable bonds is 8. The highest BCUT2D eigenvalue weighted by molar-refractivity contribution is 5.80. The summed E-state index contributed by atoms with van der Waals surface area (Å²) in [5, 5.41) is 0. The first-order chi connectivity index (χ1) is 11.8. The fourth-order valence-electron chi connectivity index (χ4n) is 2.56. The second-order valence-corrected chi connectivity index (χ2v) is 7.58. The summed E-state index contributed by atoms with van der Waals surface area (Å²) in [6.45, 7) is 6.11. The number of benzene rings is 1. The van der Waals surface area contributed by atoms with Crippen molar-refractivity contribution in [2.75, 3.05) is 13.7 Å². The molecular formula is C20H28O5. The zero-order valence-electron chi connectivity index (χ0n) is 15.5. The number of methoxy groups -OCH3 is 1. The summed E-state index contributed by atoms with van der Waals surface area (Å²) in [4.78, 5) is 24.3. The molecule has 0 N–H and O–H groups in total. The molecule has 1 atom stereocenters. The molecule has 1 fully saturated rings. The van der Waals surface area contributed by atoms with E-state index in [0.29, 0.717) is 18.9 Å². The molecule has 0 bridgehead atoms. The Labute approximate surface area is 149 Å². The van der Waals surface area contributed by atoms with Crippen LogP contribution in [0.25, 0.3) is 0 Å². The Kier molecular flexibility index (Phi) is 6.45. The van der Waals surface area contributed by atoms with E-state index in [0.717, 1.165) is 11.3 Å². The molecule has 0 unspecified atom stereocenters. The predicted octanol–water partition coefficient (Wildman–Crippen LogP) is 3.54. The van der Waals surface area contributed by atoms with Crippen molar-refractivity contribution in [3.8, 4) is 5.75 Å². The van der Waals surface area contributed by atoms with Gasteiger partial charge in [-0.05, 0) is 57.6 Å². The lowest BCUT2D eigenvalue weighted by Crippen LogP contribution is -2.28. The van der Waals surface area contributed by atoms with Crippen LogP contribution >= 0.6 is 0 Å². The van der Waals surface area contributed by atoms with E-state index in [4.69, 9.17) is 14.2 Å². The molecule has 1 aliphatic carbocycles. The summed E-state index contributed by atoms with van der Waals surface area (Å²) < 4.78 is 16.1. The van der Waals surface area contributed by atoms with Gasteiger partial charge in [-0.15, -0.1) is 0 Å². The summed E-state index contributed by atoms with van der Waals surface area (Å²) >= 11 is 0. The number of carbonyl (C=O) groups excluding carboxylic acids is 2. The zero-order valence-corrected chi connectivity index (χ0v) is 15.5. The second-order valence-electron chi connectivity index (χ2n) is 7.58. The number of ether oxygens (including phenoxy) is 3. The van der Waals surface area contributed by atoms with Gasteiger partial charge in [0, 0.05) is 0 Å². The molecule has 1 aromatic carbocycles. The van der Waals surface area contributed by atoms with Gasteiger partial charge in [-0.2, -0.15) is 0 Å². The van der Waals surface area contributed by atoms with Crippen LogP contribution in [0.4, 0.5) is 0 Å². The lowest BCUT2D eigenvalue weighted by Gasteiger charge is -2.22. The average Bonchev–Trinajstić information content (AvgIpc) is 3.35. The SMILES string of the molecule is COC(=O)[C@@H](CC(=O)OC(C)(C)C)Cc1ccccc1OCC1CC1. The fourth-order valence-corrected chi connectivity index (χ4v) is 2.56. The van der Waals surface area contributed by atoms with E-state index in [-0.39, 0.29) is 6.42 Å². The largest absolute Gasteiger partial charge is 0.493 e. The van der Waals surface area contributed by atoms with Crippen LogP contribution in [-0.2, 0) is 25.5 Å². The molecule has 2 rings (SSSR count). The lowest BCUT2D eigenvalue weighted by molar-refractivity contribution is -0.160. The molecule has 1 aliphatic rings. The molecule has 0 radical (unpaired) electrons. The van der Waals surface area contributed by atoms with Gasteiger partial charge in [0.05, 0.1) is 26.1 Å². The summed E-state index contributed by atoms with van der Waals surface area (Å²) in [5.74, 6) is 0.00590. The molecule has 1 aromatic rings. The normalized spacial score (nSPS) is 15.4. The number of hydrogen-bond acceptors (Lipinski definition) is 5. The molecule has 0 heterocycles. The highest BCUT2D eigenvalue weighted by Crippen LogP contribution is 2.31. The van der Waals surface area contributed by atoms with Crippen molar-refractivity contribution in [3.63, 3.8) is 0 Å². The Bertz CT molecular complexity index is 598. The van der Waals surface area contributed by atoms with Gasteiger partial charge in [0.25, 0.3) is 0 Å². The Morgan fingerprint density at radius 1 is 1.20 bits per heavy atom. The van der Waals surface area contributed by atoms with Gasteiger partial charge >= 0.3 is 11.9 Å². The smallest absolute Gasteiger partial charge is 0.309 e. The van der Waals surface area contributed by atoms with E-state index >= 15 is 0 Å². The summed E-state index contributed by atoms with van der Waals surface area (Å²) in [6.07, 6.45) is 2.80. The van der Waals surface area contributed by atoms with Crippen LogP contribution in [0.1, 0.15) is 45.6 Å². The van der Waals surface area contributed by atoms with Gasteiger partial charge in [-0.3, -0.25) is 9.59 Å². The maximum absolute atomic E-state index is 12.1. The highest BCUT2D eigenvalue weighted by atomic mass is 16.6. The maximum atomic E-state index is 12.1. The molecule has 25 heavy (non-hydrogen) atoms. The Hall–Kier alpha value is -2.04. The van der Waals surface area contributed by atoms with Crippen LogP contribution in [0.2, 0.25) is 0 Å². The minimum atomic E-state index is -0.592. The van der Waals surface area contributed by atoms with Gasteiger partial charge < -0.3 is 14.2 Å². The monoisotopic (exact) mass is 348 g/mol. The van der Waals surface area contributed by atoms with Crippen LogP contribution in [0.5, 0.6) is 5.75 Å². The zero-order chi connectivity index (χ0) is 18.4. The van der Waals surface area contributed by atoms with Crippen LogP contribution in [-0.4, -0.2) is 31.3 Å². The molecule has 0 spiro atoms. The van der Waals surface area contributed by atoms with Crippen molar-refractivity contribution in [1.29, 1.82) is 0 Å². The summed E-state index contributed by atoms with van der Waals surface area (Å²) in [7, 11) is 1.33. The minimum Gasteiger partial charge on any atom is -0.493 e. The average molecular weight is 348 g/mol. The molecule has 0 amide bonds. The van der Waals surface area contributed by atoms with Crippen LogP contribution in [0.3, 0.4) is 0 Å². The molecule has 0 saturated heterocycles. The van der Waals surface area contributed by atoms with Crippen molar-refractivity contribution in [1.82, 2.24) is 0 Å². The fraction of sp³-hybridized carbons (Fsp3) is 0.600. The third-order valence-corrected chi connectivity index (χ3v) is 3.98. The molecule has 5 nitrogen and oxygen atoms in total. The first-order valence-electron chi connectivity index (χ1n) is 8.79. The Morgan fingerprint density at radius 3 is 2.48 bits per heavy atom. The van der Waals surface area contributed by atoms with Crippen molar-refractivity contribution >= 4 is 11.9 Å². The van der Waals surface area contributed by atoms with Gasteiger partial charge in [0.2, 0.25) is 0 Å². The quantitative estimate of drug-likeness (QED) is 0.673. The van der Waals surface area contributed by atoms with Crippen LogP contribution < -0.4 is 4.74 Å². The van der Waals surface area contributed by atoms with E-state index < -0.39 is 23.5 Å². The van der Waals surface area contributed by atoms with Crippen molar-refractivity contribution in [3.05, 3.63) is 29.8 Å². The third kappa shape index (κ3) is 6.77. The first-order valence-corrected chi connectivity index (χ1v) is 8.79. The number of esters is 2. The van der Waals surface area contributed by atoms with E-state index in [2.05, 4.69) is 0 Å². The van der Waals surface area contributed by atoms with Crippen LogP contribution in [0.15, 0.2) is 24.3 Å². The molecule has 0 aromatic heterocycles. The molecule has 1 saturated carbocycles. The standard InChI is InChI=1S/C20H28O5/c1-20(2,3)25-18(21)12-16(19(22)23-4)11-15-7-5-6-8-17(15)24-13-14-9-10-14/h5-8,14,16H,9-13H2,1-4H3/t16-/m1/s1. The summed E-state index contributed by atoms with van der Waals surface area (Å²) in [5.41, 5.74) is 0.324. The Balaban J connectivity index is 2.05. The van der Waals surface area contributed by atoms with Crippen LogP contribution in [0, 0.1) is 11.8 Å². The van der Waals surface area contributed by atoms with Crippen molar-refractivity contribution in [2.24, 2.45) is 11.8 Å². The maximum Gasteiger partial charge on any atom is 0.309 e. The van der Waals surface area contributed by atoms with Gasteiger partial charge in [-0.25, -0.2) is 0 Å². The molecule has 5 heteroatoms. The summed E-state index contributed by atoms with van der Waals surface area (Å²) in [6, 6.07) is 7.64. The second kappa shape index (κ2) is 8.37. The first kappa shape index (κ1) is 19.3. The lowest BCUT2D eigenvalue weighted by atomic mass is 9.95. The minimum absolute atomic E-state index is 0.0130. The van der Waals surface area contributed by atoms with E-state index in [1.807, 2.05) is 24.3 Å². The predicted molar refractivity (Wildman–Crippen MR) is 94.3 cm³/mol.